The Bertz CT molecular complexity index is 326. The maximum Gasteiger partial charge on any atom is 0.119 e. The standard InChI is InChI=1S/C13H18O2/c1-9-4-2-3-5-13(9)10-6-11(14)8-12(15)7-10/h6-9,13-15H,2-5H2,1H3/t9-,13+/m0/s1. The summed E-state index contributed by atoms with van der Waals surface area (Å²) >= 11 is 0. The van der Waals surface area contributed by atoms with Crippen molar-refractivity contribution < 1.29 is 10.2 Å². The van der Waals surface area contributed by atoms with Crippen molar-refractivity contribution in [1.82, 2.24) is 0 Å². The van der Waals surface area contributed by atoms with Crippen molar-refractivity contribution in [2.45, 2.75) is 38.5 Å². The van der Waals surface area contributed by atoms with Crippen molar-refractivity contribution in [3.05, 3.63) is 23.8 Å². The Morgan fingerprint density at radius 3 is 2.20 bits per heavy atom. The van der Waals surface area contributed by atoms with Crippen molar-refractivity contribution in [3.63, 3.8) is 0 Å². The Morgan fingerprint density at radius 2 is 1.60 bits per heavy atom. The number of phenolic OH excluding ortho intramolecular Hbond substituents is 2. The van der Waals surface area contributed by atoms with Crippen molar-refractivity contribution in [2.75, 3.05) is 0 Å². The molecule has 2 atom stereocenters. The maximum atomic E-state index is 9.45. The van der Waals surface area contributed by atoms with Gasteiger partial charge >= 0.3 is 0 Å². The van der Waals surface area contributed by atoms with Crippen LogP contribution in [0.5, 0.6) is 11.5 Å². The Hall–Kier alpha value is -1.18. The molecular weight excluding hydrogens is 188 g/mol. The summed E-state index contributed by atoms with van der Waals surface area (Å²) < 4.78 is 0. The Morgan fingerprint density at radius 1 is 1.00 bits per heavy atom. The molecule has 1 aromatic carbocycles. The fourth-order valence-electron chi connectivity index (χ4n) is 2.64. The number of hydrogen-bond acceptors (Lipinski definition) is 2. The second-order valence-corrected chi connectivity index (χ2v) is 4.65. The van der Waals surface area contributed by atoms with Gasteiger partial charge < -0.3 is 10.2 Å². The van der Waals surface area contributed by atoms with Crippen LogP contribution in [-0.4, -0.2) is 10.2 Å². The highest BCUT2D eigenvalue weighted by molar-refractivity contribution is 5.38. The van der Waals surface area contributed by atoms with Gasteiger partial charge in [0.05, 0.1) is 0 Å². The van der Waals surface area contributed by atoms with E-state index in [1.807, 2.05) is 0 Å². The molecule has 0 radical (unpaired) electrons. The van der Waals surface area contributed by atoms with Gasteiger partial charge in [0.15, 0.2) is 0 Å². The van der Waals surface area contributed by atoms with Gasteiger partial charge in [0, 0.05) is 6.07 Å². The van der Waals surface area contributed by atoms with E-state index in [1.54, 1.807) is 12.1 Å². The van der Waals surface area contributed by atoms with Crippen LogP contribution in [0.4, 0.5) is 0 Å². The van der Waals surface area contributed by atoms with Gasteiger partial charge in [-0.2, -0.15) is 0 Å². The summed E-state index contributed by atoms with van der Waals surface area (Å²) in [7, 11) is 0. The molecule has 82 valence electrons. The first-order valence-corrected chi connectivity index (χ1v) is 5.70. The predicted octanol–water partition coefficient (Wildman–Crippen LogP) is 3.39. The second kappa shape index (κ2) is 4.13. The molecule has 2 N–H and O–H groups in total. The molecule has 0 aromatic heterocycles. The number of hydrogen-bond donors (Lipinski definition) is 2. The van der Waals surface area contributed by atoms with Gasteiger partial charge in [-0.25, -0.2) is 0 Å². The van der Waals surface area contributed by atoms with Crippen molar-refractivity contribution in [2.24, 2.45) is 5.92 Å². The summed E-state index contributed by atoms with van der Waals surface area (Å²) in [5, 5.41) is 18.9. The van der Waals surface area contributed by atoms with Crippen molar-refractivity contribution in [3.8, 4) is 11.5 Å². The second-order valence-electron chi connectivity index (χ2n) is 4.65. The third-order valence-corrected chi connectivity index (χ3v) is 3.46. The molecule has 15 heavy (non-hydrogen) atoms. The fourth-order valence-corrected chi connectivity index (χ4v) is 2.64. The van der Waals surface area contributed by atoms with Crippen molar-refractivity contribution in [1.29, 1.82) is 0 Å². The minimum absolute atomic E-state index is 0.169. The number of aromatic hydroxyl groups is 2. The SMILES string of the molecule is C[C@H]1CCCC[C@H]1c1cc(O)cc(O)c1. The molecule has 0 bridgehead atoms. The van der Waals surface area contributed by atoms with Crippen LogP contribution in [-0.2, 0) is 0 Å². The lowest BCUT2D eigenvalue weighted by atomic mass is 9.76. The first-order chi connectivity index (χ1) is 7.16. The van der Waals surface area contributed by atoms with Gasteiger partial charge in [0.1, 0.15) is 11.5 Å². The molecule has 2 rings (SSSR count). The molecule has 0 unspecified atom stereocenters. The molecular formula is C13H18O2. The minimum atomic E-state index is 0.169. The van der Waals surface area contributed by atoms with Gasteiger partial charge in [-0.1, -0.05) is 26.2 Å². The molecule has 0 saturated heterocycles. The highest BCUT2D eigenvalue weighted by atomic mass is 16.3. The van der Waals surface area contributed by atoms with Crippen LogP contribution >= 0.6 is 0 Å². The van der Waals surface area contributed by atoms with E-state index in [4.69, 9.17) is 0 Å². The van der Waals surface area contributed by atoms with E-state index < -0.39 is 0 Å². The normalized spacial score (nSPS) is 26.5. The fraction of sp³-hybridized carbons (Fsp3) is 0.538. The quantitative estimate of drug-likeness (QED) is 0.739. The van der Waals surface area contributed by atoms with Crippen LogP contribution in [0.3, 0.4) is 0 Å². The molecule has 1 aliphatic carbocycles. The van der Waals surface area contributed by atoms with E-state index in [0.29, 0.717) is 11.8 Å². The lowest BCUT2D eigenvalue weighted by Crippen LogP contribution is -2.14. The van der Waals surface area contributed by atoms with E-state index in [1.165, 1.54) is 31.7 Å². The van der Waals surface area contributed by atoms with E-state index in [2.05, 4.69) is 6.92 Å². The molecule has 1 aromatic rings. The summed E-state index contributed by atoms with van der Waals surface area (Å²) in [5.41, 5.74) is 1.08. The Kier molecular flexibility index (Phi) is 2.85. The summed E-state index contributed by atoms with van der Waals surface area (Å²) in [5.74, 6) is 1.49. The molecule has 2 nitrogen and oxygen atoms in total. The van der Waals surface area contributed by atoms with E-state index in [-0.39, 0.29) is 11.5 Å². The van der Waals surface area contributed by atoms with E-state index in [9.17, 15) is 10.2 Å². The number of rotatable bonds is 1. The van der Waals surface area contributed by atoms with Gasteiger partial charge in [-0.15, -0.1) is 0 Å². The first kappa shape index (κ1) is 10.3. The van der Waals surface area contributed by atoms with Crippen LogP contribution in [0.1, 0.15) is 44.1 Å². The topological polar surface area (TPSA) is 40.5 Å². The Balaban J connectivity index is 2.27. The lowest BCUT2D eigenvalue weighted by Gasteiger charge is -2.29. The largest absolute Gasteiger partial charge is 0.508 e. The third-order valence-electron chi connectivity index (χ3n) is 3.46. The van der Waals surface area contributed by atoms with Crippen LogP contribution < -0.4 is 0 Å². The molecule has 2 heteroatoms. The van der Waals surface area contributed by atoms with Crippen LogP contribution in [0, 0.1) is 5.92 Å². The maximum absolute atomic E-state index is 9.45. The summed E-state index contributed by atoms with van der Waals surface area (Å²) in [6.45, 7) is 2.25. The third kappa shape index (κ3) is 2.25. The van der Waals surface area contributed by atoms with E-state index >= 15 is 0 Å². The molecule has 0 aliphatic heterocycles. The van der Waals surface area contributed by atoms with Crippen LogP contribution in [0.2, 0.25) is 0 Å². The zero-order chi connectivity index (χ0) is 10.8. The highest BCUT2D eigenvalue weighted by Crippen LogP contribution is 2.39. The van der Waals surface area contributed by atoms with Crippen LogP contribution in [0.15, 0.2) is 18.2 Å². The van der Waals surface area contributed by atoms with Gasteiger partial charge in [0.25, 0.3) is 0 Å². The highest BCUT2D eigenvalue weighted by Gasteiger charge is 2.23. The first-order valence-electron chi connectivity index (χ1n) is 5.70. The summed E-state index contributed by atoms with van der Waals surface area (Å²) in [6, 6.07) is 4.95. The minimum Gasteiger partial charge on any atom is -0.508 e. The average Bonchev–Trinajstić information content (AvgIpc) is 2.16. The predicted molar refractivity (Wildman–Crippen MR) is 60.1 cm³/mol. The number of benzene rings is 1. The molecule has 0 spiro atoms. The van der Waals surface area contributed by atoms with Crippen molar-refractivity contribution >= 4 is 0 Å². The zero-order valence-corrected chi connectivity index (χ0v) is 9.11. The molecule has 1 aliphatic rings. The van der Waals surface area contributed by atoms with E-state index in [0.717, 1.165) is 5.56 Å². The summed E-state index contributed by atoms with van der Waals surface area (Å²) in [6.07, 6.45) is 4.99. The molecule has 1 saturated carbocycles. The summed E-state index contributed by atoms with van der Waals surface area (Å²) in [4.78, 5) is 0. The monoisotopic (exact) mass is 206 g/mol. The number of phenols is 2. The molecule has 0 heterocycles. The lowest BCUT2D eigenvalue weighted by molar-refractivity contribution is 0.328. The van der Waals surface area contributed by atoms with Crippen LogP contribution in [0.25, 0.3) is 0 Å². The smallest absolute Gasteiger partial charge is 0.119 e. The van der Waals surface area contributed by atoms with Gasteiger partial charge in [-0.3, -0.25) is 0 Å². The van der Waals surface area contributed by atoms with Gasteiger partial charge in [-0.05, 0) is 36.0 Å². The van der Waals surface area contributed by atoms with Gasteiger partial charge in [0.2, 0.25) is 0 Å². The molecule has 0 amide bonds. The zero-order valence-electron chi connectivity index (χ0n) is 9.11. The average molecular weight is 206 g/mol. The molecule has 1 fully saturated rings. The Labute approximate surface area is 90.6 Å².